The zero-order chi connectivity index (χ0) is 19.0. The highest BCUT2D eigenvalue weighted by Crippen LogP contribution is 2.19. The molecule has 0 heterocycles. The van der Waals surface area contributed by atoms with E-state index in [9.17, 15) is 9.59 Å². The van der Waals surface area contributed by atoms with Crippen molar-refractivity contribution in [1.82, 2.24) is 0 Å². The molecule has 0 atom stereocenters. The van der Waals surface area contributed by atoms with Crippen LogP contribution in [0.3, 0.4) is 0 Å². The maximum atomic E-state index is 12.7. The van der Waals surface area contributed by atoms with E-state index in [1.54, 1.807) is 50.2 Å². The van der Waals surface area contributed by atoms with E-state index in [-0.39, 0.29) is 11.6 Å². The molecule has 0 N–H and O–H groups in total. The summed E-state index contributed by atoms with van der Waals surface area (Å²) in [6.07, 6.45) is 4.46. The van der Waals surface area contributed by atoms with Gasteiger partial charge in [0.15, 0.2) is 11.6 Å². The number of hydrogen-bond donors (Lipinski definition) is 0. The van der Waals surface area contributed by atoms with Gasteiger partial charge in [-0.15, -0.1) is 0 Å². The number of carbonyl (C=O) groups excluding carboxylic acids is 2. The van der Waals surface area contributed by atoms with Gasteiger partial charge in [0, 0.05) is 23.3 Å². The summed E-state index contributed by atoms with van der Waals surface area (Å²) >= 11 is 0. The minimum atomic E-state index is -0.864. The first kappa shape index (κ1) is 20.1. The van der Waals surface area contributed by atoms with E-state index in [2.05, 4.69) is 6.92 Å². The summed E-state index contributed by atoms with van der Waals surface area (Å²) in [5, 5.41) is 0. The molecule has 0 spiro atoms. The minimum Gasteiger partial charge on any atom is -0.367 e. The van der Waals surface area contributed by atoms with Gasteiger partial charge in [0.1, 0.15) is 5.60 Å². The molecule has 3 heteroatoms. The van der Waals surface area contributed by atoms with Gasteiger partial charge >= 0.3 is 0 Å². The first-order chi connectivity index (χ1) is 12.5. The molecule has 0 fully saturated rings. The monoisotopic (exact) mass is 352 g/mol. The standard InChI is InChI=1S/C23H28O3/c1-4-5-6-10-17-26-23(2,3)22(25)20-15-13-19(14-16-20)21(24)18-11-8-7-9-12-18/h7-9,11-16H,4-6,10,17H2,1-3H3. The van der Waals surface area contributed by atoms with Crippen molar-refractivity contribution >= 4 is 11.6 Å². The van der Waals surface area contributed by atoms with Crippen LogP contribution in [0.25, 0.3) is 0 Å². The van der Waals surface area contributed by atoms with Gasteiger partial charge in [-0.25, -0.2) is 0 Å². The first-order valence-electron chi connectivity index (χ1n) is 9.34. The van der Waals surface area contributed by atoms with Gasteiger partial charge in [-0.05, 0) is 20.3 Å². The number of ketones is 2. The second kappa shape index (κ2) is 9.44. The second-order valence-electron chi connectivity index (χ2n) is 7.02. The lowest BCUT2D eigenvalue weighted by Gasteiger charge is -2.24. The highest BCUT2D eigenvalue weighted by atomic mass is 16.5. The Hall–Kier alpha value is -2.26. The fourth-order valence-corrected chi connectivity index (χ4v) is 2.80. The molecule has 2 rings (SSSR count). The van der Waals surface area contributed by atoms with Crippen LogP contribution in [-0.4, -0.2) is 23.8 Å². The molecule has 138 valence electrons. The van der Waals surface area contributed by atoms with E-state index in [1.807, 2.05) is 18.2 Å². The lowest BCUT2D eigenvalue weighted by atomic mass is 9.94. The Morgan fingerprint density at radius 2 is 1.38 bits per heavy atom. The van der Waals surface area contributed by atoms with Gasteiger partial charge in [0.2, 0.25) is 0 Å². The van der Waals surface area contributed by atoms with Crippen LogP contribution < -0.4 is 0 Å². The lowest BCUT2D eigenvalue weighted by Crippen LogP contribution is -2.35. The van der Waals surface area contributed by atoms with Gasteiger partial charge in [0.05, 0.1) is 0 Å². The molecule has 0 unspecified atom stereocenters. The molecule has 0 aliphatic heterocycles. The molecular weight excluding hydrogens is 324 g/mol. The van der Waals surface area contributed by atoms with Crippen molar-refractivity contribution in [3.8, 4) is 0 Å². The predicted molar refractivity (Wildman–Crippen MR) is 105 cm³/mol. The zero-order valence-corrected chi connectivity index (χ0v) is 16.0. The summed E-state index contributed by atoms with van der Waals surface area (Å²) in [7, 11) is 0. The zero-order valence-electron chi connectivity index (χ0n) is 16.0. The average molecular weight is 352 g/mol. The smallest absolute Gasteiger partial charge is 0.194 e. The third kappa shape index (κ3) is 5.37. The van der Waals surface area contributed by atoms with Crippen molar-refractivity contribution in [2.24, 2.45) is 0 Å². The number of hydrogen-bond acceptors (Lipinski definition) is 3. The number of benzene rings is 2. The summed E-state index contributed by atoms with van der Waals surface area (Å²) < 4.78 is 5.82. The van der Waals surface area contributed by atoms with Crippen LogP contribution in [0.5, 0.6) is 0 Å². The van der Waals surface area contributed by atoms with Gasteiger partial charge < -0.3 is 4.74 Å². The SMILES string of the molecule is CCCCCCOC(C)(C)C(=O)c1ccc(C(=O)c2ccccc2)cc1. The lowest BCUT2D eigenvalue weighted by molar-refractivity contribution is -0.00586. The molecule has 0 radical (unpaired) electrons. The van der Waals surface area contributed by atoms with E-state index in [0.717, 1.165) is 12.8 Å². The van der Waals surface area contributed by atoms with Crippen LogP contribution >= 0.6 is 0 Å². The van der Waals surface area contributed by atoms with E-state index in [0.29, 0.717) is 23.3 Å². The van der Waals surface area contributed by atoms with Crippen molar-refractivity contribution < 1.29 is 14.3 Å². The third-order valence-electron chi connectivity index (χ3n) is 4.45. The van der Waals surface area contributed by atoms with Gasteiger partial charge in [-0.1, -0.05) is 80.8 Å². The molecule has 0 saturated carbocycles. The summed E-state index contributed by atoms with van der Waals surface area (Å²) in [5.74, 6) is -0.109. The predicted octanol–water partition coefficient (Wildman–Crippen LogP) is 5.48. The number of rotatable bonds is 10. The topological polar surface area (TPSA) is 43.4 Å². The fraction of sp³-hybridized carbons (Fsp3) is 0.391. The molecule has 0 aliphatic carbocycles. The van der Waals surface area contributed by atoms with Crippen molar-refractivity contribution in [2.75, 3.05) is 6.61 Å². The Bertz CT molecular complexity index is 715. The maximum Gasteiger partial charge on any atom is 0.194 e. The van der Waals surface area contributed by atoms with Gasteiger partial charge in [0.25, 0.3) is 0 Å². The molecule has 2 aromatic rings. The normalized spacial score (nSPS) is 11.3. The summed E-state index contributed by atoms with van der Waals surface area (Å²) in [6, 6.07) is 16.0. The molecule has 0 aliphatic rings. The molecule has 26 heavy (non-hydrogen) atoms. The third-order valence-corrected chi connectivity index (χ3v) is 4.45. The summed E-state index contributed by atoms with van der Waals surface area (Å²) in [4.78, 5) is 25.2. The van der Waals surface area contributed by atoms with E-state index in [4.69, 9.17) is 4.74 Å². The number of Topliss-reactive ketones (excluding diaryl/α,β-unsaturated/α-hetero) is 1. The Balaban J connectivity index is 2.00. The quantitative estimate of drug-likeness (QED) is 0.420. The van der Waals surface area contributed by atoms with E-state index >= 15 is 0 Å². The van der Waals surface area contributed by atoms with Crippen LogP contribution in [0.4, 0.5) is 0 Å². The van der Waals surface area contributed by atoms with Crippen LogP contribution in [0.1, 0.15) is 72.7 Å². The number of carbonyl (C=O) groups is 2. The average Bonchev–Trinajstić information content (AvgIpc) is 2.67. The number of ether oxygens (including phenoxy) is 1. The Morgan fingerprint density at radius 3 is 2.00 bits per heavy atom. The van der Waals surface area contributed by atoms with Crippen LogP contribution in [0, 0.1) is 0 Å². The van der Waals surface area contributed by atoms with Crippen molar-refractivity contribution in [1.29, 1.82) is 0 Å². The second-order valence-corrected chi connectivity index (χ2v) is 7.02. The molecule has 2 aromatic carbocycles. The molecule has 0 bridgehead atoms. The summed E-state index contributed by atoms with van der Waals surface area (Å²) in [5.41, 5.74) is 0.915. The van der Waals surface area contributed by atoms with Crippen LogP contribution in [-0.2, 0) is 4.74 Å². The van der Waals surface area contributed by atoms with Crippen molar-refractivity contribution in [3.63, 3.8) is 0 Å². The largest absolute Gasteiger partial charge is 0.367 e. The van der Waals surface area contributed by atoms with Gasteiger partial charge in [-0.3, -0.25) is 9.59 Å². The maximum absolute atomic E-state index is 12.7. The Labute approximate surface area is 156 Å². The van der Waals surface area contributed by atoms with Crippen molar-refractivity contribution in [3.05, 3.63) is 71.3 Å². The van der Waals surface area contributed by atoms with E-state index in [1.165, 1.54) is 12.8 Å². The Kier molecular flexibility index (Phi) is 7.28. The summed E-state index contributed by atoms with van der Waals surface area (Å²) in [6.45, 7) is 6.36. The molecule has 0 amide bonds. The first-order valence-corrected chi connectivity index (χ1v) is 9.34. The number of unbranched alkanes of at least 4 members (excludes halogenated alkanes) is 3. The highest BCUT2D eigenvalue weighted by molar-refractivity contribution is 6.09. The fourth-order valence-electron chi connectivity index (χ4n) is 2.80. The van der Waals surface area contributed by atoms with Crippen LogP contribution in [0.2, 0.25) is 0 Å². The molecule has 0 aromatic heterocycles. The molecule has 0 saturated heterocycles. The van der Waals surface area contributed by atoms with E-state index < -0.39 is 5.60 Å². The molecular formula is C23H28O3. The van der Waals surface area contributed by atoms with Crippen molar-refractivity contribution in [2.45, 2.75) is 52.1 Å². The Morgan fingerprint density at radius 1 is 0.808 bits per heavy atom. The van der Waals surface area contributed by atoms with Gasteiger partial charge in [-0.2, -0.15) is 0 Å². The minimum absolute atomic E-state index is 0.0453. The van der Waals surface area contributed by atoms with Crippen LogP contribution in [0.15, 0.2) is 54.6 Å². The molecule has 3 nitrogen and oxygen atoms in total. The highest BCUT2D eigenvalue weighted by Gasteiger charge is 2.29.